The first-order valence-corrected chi connectivity index (χ1v) is 29.0. The standard InChI is InChI=1S/C29H23F9N2O6S.C25H24N2O4.C4F10O2S.CH4/c1-25(2,3)21-14-18(40-10-9-22(41)39-24(40)42)13-20(23(21)45-4)17-6-5-16-12-19(8-7-15(16)11-17)46-47(43,44)29(37,38)27(32,33)26(30,31)28(34,35)36;1-25(2,3)21-14-18(27-10-9-22(29)26-24(27)30)13-20(23(21)31-4)17-6-5-16-12-19(28)8-7-15(16)11-17;5-1(6,3(9,10)11)2(7,8)4(12,13)17(14,15)16;/h5-14H,1-4H3,(H,39,41,42);5-14,28H,1-4H3,(H,26,29,30);;1H4. The molecule has 0 saturated heterocycles. The number of H-pyrrole nitrogens is 2. The number of phenolic OH excluding ortho intramolecular Hbond substituents is 1. The summed E-state index contributed by atoms with van der Waals surface area (Å²) >= 11 is 0. The van der Waals surface area contributed by atoms with Crippen LogP contribution >= 0.6 is 0 Å². The monoisotopic (exact) mass is 1430 g/mol. The number of rotatable bonds is 14. The van der Waals surface area contributed by atoms with E-state index in [0.717, 1.165) is 51.4 Å². The van der Waals surface area contributed by atoms with Crippen LogP contribution in [0.15, 0.2) is 141 Å². The molecule has 0 amide bonds. The second-order valence-corrected chi connectivity index (χ2v) is 25.4. The number of ether oxygens (including phenoxy) is 2. The van der Waals surface area contributed by atoms with Crippen molar-refractivity contribution in [2.24, 2.45) is 0 Å². The molecule has 8 rings (SSSR count). The zero-order valence-corrected chi connectivity index (χ0v) is 51.0. The third-order valence-electron chi connectivity index (χ3n) is 13.7. The quantitative estimate of drug-likeness (QED) is 0.0525. The summed E-state index contributed by atoms with van der Waals surface area (Å²) < 4.78 is 299. The smallest absolute Gasteiger partial charge is 0.460 e. The number of alkyl halides is 18. The first-order valence-electron chi connectivity index (χ1n) is 26.2. The number of aromatic amines is 2. The van der Waals surface area contributed by atoms with Gasteiger partial charge < -0.3 is 18.8 Å². The topological polar surface area (TPSA) is 226 Å². The number of phenols is 1. The van der Waals surface area contributed by atoms with Crippen LogP contribution in [0.25, 0.3) is 55.2 Å². The average Bonchev–Trinajstić information content (AvgIpc) is 0.742. The second kappa shape index (κ2) is 26.2. The van der Waals surface area contributed by atoms with Gasteiger partial charge >= 0.3 is 78.3 Å². The number of methoxy groups -OCH3 is 2. The van der Waals surface area contributed by atoms with Crippen LogP contribution in [0.2, 0.25) is 0 Å². The summed E-state index contributed by atoms with van der Waals surface area (Å²) in [4.78, 5) is 52.6. The molecule has 0 bridgehead atoms. The first-order chi connectivity index (χ1) is 43.0. The van der Waals surface area contributed by atoms with Gasteiger partial charge in [-0.3, -0.25) is 28.7 Å². The fraction of sp³-hybridized carbons (Fsp3) is 0.322. The summed E-state index contributed by atoms with van der Waals surface area (Å²) in [6, 6.07) is 27.4. The Kier molecular flexibility index (Phi) is 21.2. The van der Waals surface area contributed by atoms with Crippen molar-refractivity contribution in [2.45, 2.75) is 106 Å². The van der Waals surface area contributed by atoms with Gasteiger partial charge in [0.25, 0.3) is 11.1 Å². The minimum Gasteiger partial charge on any atom is -0.508 e. The minimum atomic E-state index is -7.67. The van der Waals surface area contributed by atoms with Crippen LogP contribution in [0.3, 0.4) is 0 Å². The number of aromatic nitrogens is 4. The van der Waals surface area contributed by atoms with E-state index >= 15 is 0 Å². The molecule has 0 aliphatic carbocycles. The van der Waals surface area contributed by atoms with E-state index in [1.807, 2.05) is 57.2 Å². The van der Waals surface area contributed by atoms with Crippen LogP contribution in [0.1, 0.15) is 60.1 Å². The Balaban J connectivity index is 0.000000291. The van der Waals surface area contributed by atoms with Crippen LogP contribution in [0, 0.1) is 0 Å². The van der Waals surface area contributed by atoms with Crippen LogP contribution in [0.5, 0.6) is 23.0 Å². The van der Waals surface area contributed by atoms with Gasteiger partial charge in [-0.2, -0.15) is 95.9 Å². The molecule has 16 nitrogen and oxygen atoms in total. The number of fused-ring (bicyclic) bond motifs is 2. The summed E-state index contributed by atoms with van der Waals surface area (Å²) in [6.45, 7) is 11.8. The summed E-state index contributed by atoms with van der Waals surface area (Å²) in [5, 5.41) is -2.28. The SMILES string of the molecule is C.COc1c(-c2ccc3cc(O)ccc3c2)cc(-n2ccc(=O)[nH]c2=O)cc1C(C)(C)C.COc1c(-c2ccc3cc(OS(=O)(=O)C(F)(F)C(F)(F)C(F)(F)C(F)(F)F)ccc3c2)cc(-n2ccc(=O)[nH]c2=O)cc1C(C)(C)C.O=S(=O)(F)C(F)(F)C(F)(F)C(F)(F)C(F)(F)F. The van der Waals surface area contributed by atoms with E-state index in [1.54, 1.807) is 31.4 Å². The lowest BCUT2D eigenvalue weighted by molar-refractivity contribution is -0.382. The summed E-state index contributed by atoms with van der Waals surface area (Å²) in [5.41, 5.74) is 2.01. The van der Waals surface area contributed by atoms with Crippen LogP contribution in [-0.2, 0) is 31.2 Å². The molecule has 6 aromatic carbocycles. The molecule has 0 fully saturated rings. The highest BCUT2D eigenvalue weighted by Gasteiger charge is 2.87. The largest absolute Gasteiger partial charge is 0.508 e. The van der Waals surface area contributed by atoms with Crippen molar-refractivity contribution in [3.05, 3.63) is 174 Å². The Bertz CT molecular complexity index is 4750. The summed E-state index contributed by atoms with van der Waals surface area (Å²) in [5.74, 6) is -29.6. The van der Waals surface area contributed by atoms with E-state index in [4.69, 9.17) is 9.47 Å². The van der Waals surface area contributed by atoms with Gasteiger partial charge in [0.05, 0.1) is 25.6 Å². The highest BCUT2D eigenvalue weighted by Crippen LogP contribution is 2.57. The molecule has 96 heavy (non-hydrogen) atoms. The molecule has 8 aromatic rings. The van der Waals surface area contributed by atoms with Crippen molar-refractivity contribution in [3.8, 4) is 56.6 Å². The third-order valence-corrected chi connectivity index (χ3v) is 15.9. The minimum absolute atomic E-state index is 0. The molecule has 0 aliphatic rings. The summed E-state index contributed by atoms with van der Waals surface area (Å²) in [7, 11) is -11.8. The molecule has 0 unspecified atom stereocenters. The van der Waals surface area contributed by atoms with Gasteiger partial charge in [-0.05, 0) is 104 Å². The van der Waals surface area contributed by atoms with Crippen molar-refractivity contribution >= 4 is 41.9 Å². The molecule has 524 valence electrons. The van der Waals surface area contributed by atoms with Crippen molar-refractivity contribution in [3.63, 3.8) is 0 Å². The number of nitrogens with zero attached hydrogens (tertiary/aromatic N) is 2. The van der Waals surface area contributed by atoms with Gasteiger partial charge in [-0.25, -0.2) is 9.59 Å². The lowest BCUT2D eigenvalue weighted by Gasteiger charge is -2.32. The number of benzene rings is 6. The zero-order chi connectivity index (χ0) is 72.4. The number of nitrogens with one attached hydrogen (secondary N) is 2. The maximum atomic E-state index is 14.1. The third kappa shape index (κ3) is 14.7. The highest BCUT2D eigenvalue weighted by molar-refractivity contribution is 7.88. The lowest BCUT2D eigenvalue weighted by atomic mass is 9.83. The molecule has 0 saturated carbocycles. The van der Waals surface area contributed by atoms with Gasteiger partial charge in [-0.1, -0.05) is 89.3 Å². The van der Waals surface area contributed by atoms with Crippen molar-refractivity contribution in [1.29, 1.82) is 0 Å². The van der Waals surface area contributed by atoms with Gasteiger partial charge in [0.1, 0.15) is 23.0 Å². The molecular weight excluding hydrogens is 1380 g/mol. The first kappa shape index (κ1) is 77.7. The Morgan fingerprint density at radius 2 is 0.781 bits per heavy atom. The van der Waals surface area contributed by atoms with E-state index in [1.165, 1.54) is 52.9 Å². The van der Waals surface area contributed by atoms with E-state index in [-0.39, 0.29) is 29.4 Å². The lowest BCUT2D eigenvalue weighted by Crippen LogP contribution is -2.63. The maximum Gasteiger partial charge on any atom is 0.460 e. The Morgan fingerprint density at radius 3 is 1.12 bits per heavy atom. The van der Waals surface area contributed by atoms with Gasteiger partial charge in [-0.15, -0.1) is 0 Å². The molecule has 0 aliphatic heterocycles. The number of hydrogen-bond donors (Lipinski definition) is 3. The summed E-state index contributed by atoms with van der Waals surface area (Å²) in [6.07, 6.45) is -11.7. The molecule has 0 atom stereocenters. The predicted octanol–water partition coefficient (Wildman–Crippen LogP) is 14.5. The molecule has 2 aromatic heterocycles. The maximum absolute atomic E-state index is 14.1. The van der Waals surface area contributed by atoms with Crippen LogP contribution in [0.4, 0.5) is 82.9 Å². The molecule has 0 radical (unpaired) electrons. The normalized spacial score (nSPS) is 13.2. The zero-order valence-electron chi connectivity index (χ0n) is 49.4. The fourth-order valence-corrected chi connectivity index (χ4v) is 10.1. The van der Waals surface area contributed by atoms with Crippen molar-refractivity contribution < 1.29 is 119 Å². The fourth-order valence-electron chi connectivity index (χ4n) is 8.78. The Labute approximate surface area is 529 Å². The Hall–Kier alpha value is -9.03. The highest BCUT2D eigenvalue weighted by atomic mass is 32.3. The average molecular weight is 1430 g/mol. The van der Waals surface area contributed by atoms with E-state index in [9.17, 15) is 124 Å². The number of hydrogen-bond acceptors (Lipinski definition) is 12. The molecule has 3 N–H and O–H groups in total. The number of aromatic hydroxyl groups is 1. The van der Waals surface area contributed by atoms with Crippen LogP contribution < -0.4 is 36.2 Å². The predicted molar refractivity (Wildman–Crippen MR) is 311 cm³/mol. The molecule has 2 heterocycles. The molecule has 37 heteroatoms. The Morgan fingerprint density at radius 1 is 0.438 bits per heavy atom. The van der Waals surface area contributed by atoms with E-state index in [2.05, 4.69) is 34.9 Å². The second-order valence-electron chi connectivity index (χ2n) is 22.4. The van der Waals surface area contributed by atoms with Crippen molar-refractivity contribution in [1.82, 2.24) is 19.1 Å². The van der Waals surface area contributed by atoms with E-state index in [0.29, 0.717) is 39.9 Å². The number of halogens is 19. The van der Waals surface area contributed by atoms with Crippen molar-refractivity contribution in [2.75, 3.05) is 14.2 Å². The van der Waals surface area contributed by atoms with Gasteiger partial charge in [0.15, 0.2) is 0 Å². The van der Waals surface area contributed by atoms with Gasteiger partial charge in [0.2, 0.25) is 0 Å². The molecular formula is C59H51F19N4O12S2. The van der Waals surface area contributed by atoms with E-state index < -0.39 is 101 Å². The van der Waals surface area contributed by atoms with Crippen LogP contribution in [-0.4, -0.2) is 102 Å². The van der Waals surface area contributed by atoms with Gasteiger partial charge in [0, 0.05) is 46.8 Å². The molecule has 0 spiro atoms.